The first kappa shape index (κ1) is 18.9. The number of amides is 1. The van der Waals surface area contributed by atoms with Crippen LogP contribution in [0.5, 0.6) is 0 Å². The van der Waals surface area contributed by atoms with Crippen molar-refractivity contribution in [3.63, 3.8) is 0 Å². The molecule has 1 aliphatic rings. The Hall–Kier alpha value is -1.45. The normalized spacial score (nSPS) is 20.2. The van der Waals surface area contributed by atoms with Crippen LogP contribution in [0.4, 0.5) is 0 Å². The van der Waals surface area contributed by atoms with Crippen LogP contribution in [0.15, 0.2) is 29.2 Å². The van der Waals surface area contributed by atoms with Crippen LogP contribution in [-0.4, -0.2) is 51.1 Å². The lowest BCUT2D eigenvalue weighted by Crippen LogP contribution is -2.40. The first-order chi connectivity index (χ1) is 11.2. The molecule has 0 radical (unpaired) electrons. The fraction of sp³-hybridized carbons (Fsp3) is 0.533. The van der Waals surface area contributed by atoms with Gasteiger partial charge in [0.05, 0.1) is 16.4 Å². The number of carbonyl (C=O) groups excluding carboxylic acids is 1. The lowest BCUT2D eigenvalue weighted by atomic mass is 10.2. The van der Waals surface area contributed by atoms with E-state index in [0.717, 1.165) is 5.56 Å². The Morgan fingerprint density at radius 3 is 2.38 bits per heavy atom. The van der Waals surface area contributed by atoms with E-state index in [9.17, 15) is 21.6 Å². The van der Waals surface area contributed by atoms with Gasteiger partial charge in [-0.15, -0.1) is 0 Å². The van der Waals surface area contributed by atoms with Crippen molar-refractivity contribution in [2.75, 3.05) is 18.1 Å². The molecular weight excluding hydrogens is 352 g/mol. The molecule has 2 rings (SSSR count). The maximum atomic E-state index is 12.8. The molecule has 0 spiro atoms. The molecule has 1 fully saturated rings. The van der Waals surface area contributed by atoms with Crippen LogP contribution in [0.1, 0.15) is 25.8 Å². The van der Waals surface area contributed by atoms with Crippen LogP contribution in [0.3, 0.4) is 0 Å². The van der Waals surface area contributed by atoms with E-state index in [1.165, 1.54) is 23.4 Å². The number of rotatable bonds is 6. The number of carbonyl (C=O) groups is 1. The molecule has 0 aromatic heterocycles. The van der Waals surface area contributed by atoms with Gasteiger partial charge in [0.1, 0.15) is 0 Å². The molecule has 24 heavy (non-hydrogen) atoms. The maximum Gasteiger partial charge on any atom is 0.243 e. The second-order valence-corrected chi connectivity index (χ2v) is 9.94. The van der Waals surface area contributed by atoms with Crippen LogP contribution < -0.4 is 5.32 Å². The Balaban J connectivity index is 2.20. The number of hydrogen-bond donors (Lipinski definition) is 1. The van der Waals surface area contributed by atoms with E-state index in [1.54, 1.807) is 19.1 Å². The number of sulfonamides is 1. The molecule has 0 aliphatic carbocycles. The highest BCUT2D eigenvalue weighted by molar-refractivity contribution is 7.92. The van der Waals surface area contributed by atoms with Crippen molar-refractivity contribution in [2.24, 2.45) is 0 Å². The summed E-state index contributed by atoms with van der Waals surface area (Å²) in [6.07, 6.45) is 0.329. The standard InChI is InChI=1S/C15H22N2O5S2/c1-3-17(14-8-9-23(19,20)11-14)24(21,22)15-6-4-13(5-7-15)10-16-12(2)18/h4-7,14H,3,8-11H2,1-2H3,(H,16,18)/t14-/m0/s1. The summed E-state index contributed by atoms with van der Waals surface area (Å²) in [5, 5.41) is 2.64. The molecule has 0 bridgehead atoms. The molecule has 1 atom stereocenters. The van der Waals surface area contributed by atoms with Crippen LogP contribution >= 0.6 is 0 Å². The van der Waals surface area contributed by atoms with Gasteiger partial charge in [0.2, 0.25) is 15.9 Å². The van der Waals surface area contributed by atoms with Crippen molar-refractivity contribution < 1.29 is 21.6 Å². The zero-order valence-corrected chi connectivity index (χ0v) is 15.4. The predicted molar refractivity (Wildman–Crippen MR) is 90.6 cm³/mol. The van der Waals surface area contributed by atoms with Gasteiger partial charge < -0.3 is 5.32 Å². The summed E-state index contributed by atoms with van der Waals surface area (Å²) in [4.78, 5) is 11.0. The van der Waals surface area contributed by atoms with Gasteiger partial charge in [-0.25, -0.2) is 16.8 Å². The minimum absolute atomic E-state index is 0.0271. The van der Waals surface area contributed by atoms with E-state index in [2.05, 4.69) is 5.32 Å². The van der Waals surface area contributed by atoms with Gasteiger partial charge in [0.15, 0.2) is 9.84 Å². The molecule has 1 aromatic carbocycles. The van der Waals surface area contributed by atoms with Crippen molar-refractivity contribution in [3.05, 3.63) is 29.8 Å². The van der Waals surface area contributed by atoms with E-state index >= 15 is 0 Å². The van der Waals surface area contributed by atoms with Gasteiger partial charge in [0.25, 0.3) is 0 Å². The molecule has 0 saturated carbocycles. The van der Waals surface area contributed by atoms with E-state index in [4.69, 9.17) is 0 Å². The third-order valence-corrected chi connectivity index (χ3v) is 7.79. The van der Waals surface area contributed by atoms with Gasteiger partial charge >= 0.3 is 0 Å². The molecule has 1 amide bonds. The second kappa shape index (κ2) is 7.20. The van der Waals surface area contributed by atoms with E-state index in [1.807, 2.05) is 0 Å². The lowest BCUT2D eigenvalue weighted by Gasteiger charge is -2.26. The monoisotopic (exact) mass is 374 g/mol. The van der Waals surface area contributed by atoms with Gasteiger partial charge in [-0.05, 0) is 24.1 Å². The minimum Gasteiger partial charge on any atom is -0.352 e. The summed E-state index contributed by atoms with van der Waals surface area (Å²) in [5.41, 5.74) is 0.788. The zero-order valence-electron chi connectivity index (χ0n) is 13.7. The smallest absolute Gasteiger partial charge is 0.243 e. The third-order valence-electron chi connectivity index (χ3n) is 4.00. The number of sulfone groups is 1. The highest BCUT2D eigenvalue weighted by atomic mass is 32.2. The van der Waals surface area contributed by atoms with Gasteiger partial charge in [-0.1, -0.05) is 19.1 Å². The first-order valence-corrected chi connectivity index (χ1v) is 11.0. The number of nitrogens with one attached hydrogen (secondary N) is 1. The Morgan fingerprint density at radius 2 is 1.92 bits per heavy atom. The fourth-order valence-corrected chi connectivity index (χ4v) is 6.26. The largest absolute Gasteiger partial charge is 0.352 e. The SMILES string of the molecule is CCN([C@H]1CCS(=O)(=O)C1)S(=O)(=O)c1ccc(CNC(C)=O)cc1. The predicted octanol–water partition coefficient (Wildman–Crippen LogP) is 0.520. The van der Waals surface area contributed by atoms with Crippen LogP contribution in [0, 0.1) is 0 Å². The highest BCUT2D eigenvalue weighted by Crippen LogP contribution is 2.25. The molecule has 1 aromatic rings. The molecular formula is C15H22N2O5S2. The second-order valence-electron chi connectivity index (χ2n) is 5.82. The van der Waals surface area contributed by atoms with Crippen molar-refractivity contribution in [2.45, 2.75) is 37.8 Å². The summed E-state index contributed by atoms with van der Waals surface area (Å²) >= 11 is 0. The van der Waals surface area contributed by atoms with Gasteiger partial charge in [0, 0.05) is 26.1 Å². The van der Waals surface area contributed by atoms with Crippen LogP contribution in [0.2, 0.25) is 0 Å². The first-order valence-electron chi connectivity index (χ1n) is 7.71. The Labute approximate surface area is 143 Å². The molecule has 1 heterocycles. The molecule has 1 saturated heterocycles. The van der Waals surface area contributed by atoms with Crippen molar-refractivity contribution in [3.8, 4) is 0 Å². The third kappa shape index (κ3) is 4.34. The van der Waals surface area contributed by atoms with Crippen molar-refractivity contribution in [1.82, 2.24) is 9.62 Å². The van der Waals surface area contributed by atoms with Crippen LogP contribution in [0.25, 0.3) is 0 Å². The summed E-state index contributed by atoms with van der Waals surface area (Å²) in [6, 6.07) is 5.74. The van der Waals surface area contributed by atoms with E-state index in [0.29, 0.717) is 13.0 Å². The Kier molecular flexibility index (Phi) is 5.67. The minimum atomic E-state index is -3.75. The fourth-order valence-electron chi connectivity index (χ4n) is 2.77. The average Bonchev–Trinajstić information content (AvgIpc) is 2.85. The maximum absolute atomic E-state index is 12.8. The quantitative estimate of drug-likeness (QED) is 0.782. The molecule has 0 unspecified atom stereocenters. The molecule has 7 nitrogen and oxygen atoms in total. The van der Waals surface area contributed by atoms with Gasteiger partial charge in [-0.2, -0.15) is 4.31 Å². The van der Waals surface area contributed by atoms with E-state index < -0.39 is 25.9 Å². The summed E-state index contributed by atoms with van der Waals surface area (Å²) < 4.78 is 50.1. The Morgan fingerprint density at radius 1 is 1.29 bits per heavy atom. The topological polar surface area (TPSA) is 101 Å². The van der Waals surface area contributed by atoms with Gasteiger partial charge in [-0.3, -0.25) is 4.79 Å². The number of nitrogens with zero attached hydrogens (tertiary/aromatic N) is 1. The molecule has 1 aliphatic heterocycles. The highest BCUT2D eigenvalue weighted by Gasteiger charge is 2.37. The van der Waals surface area contributed by atoms with Crippen LogP contribution in [-0.2, 0) is 31.2 Å². The van der Waals surface area contributed by atoms with Crippen molar-refractivity contribution in [1.29, 1.82) is 0 Å². The zero-order chi connectivity index (χ0) is 18.0. The summed E-state index contributed by atoms with van der Waals surface area (Å²) in [6.45, 7) is 3.66. The summed E-state index contributed by atoms with van der Waals surface area (Å²) in [5.74, 6) is -0.258. The number of hydrogen-bond acceptors (Lipinski definition) is 5. The van der Waals surface area contributed by atoms with Crippen molar-refractivity contribution >= 4 is 25.8 Å². The molecule has 1 N–H and O–H groups in total. The average molecular weight is 374 g/mol. The lowest BCUT2D eigenvalue weighted by molar-refractivity contribution is -0.119. The Bertz CT molecular complexity index is 801. The molecule has 134 valence electrons. The number of benzene rings is 1. The summed E-state index contributed by atoms with van der Waals surface area (Å²) in [7, 11) is -6.91. The molecule has 9 heteroatoms. The van der Waals surface area contributed by atoms with E-state index in [-0.39, 0.29) is 28.9 Å².